The van der Waals surface area contributed by atoms with E-state index < -0.39 is 0 Å². The van der Waals surface area contributed by atoms with E-state index in [-0.39, 0.29) is 0 Å². The Hall–Kier alpha value is -2.55. The number of aryl methyl sites for hydroxylation is 1. The first-order valence-corrected chi connectivity index (χ1v) is 6.84. The second-order valence-corrected chi connectivity index (χ2v) is 4.55. The predicted octanol–water partition coefficient (Wildman–Crippen LogP) is 2.56. The van der Waals surface area contributed by atoms with E-state index in [0.29, 0.717) is 13.0 Å². The van der Waals surface area contributed by atoms with E-state index >= 15 is 0 Å². The zero-order valence-electron chi connectivity index (χ0n) is 12.0. The van der Waals surface area contributed by atoms with Crippen molar-refractivity contribution in [3.05, 3.63) is 36.2 Å². The van der Waals surface area contributed by atoms with Gasteiger partial charge in [-0.3, -0.25) is 4.68 Å². The van der Waals surface area contributed by atoms with E-state index in [1.807, 2.05) is 30.5 Å². The lowest BCUT2D eigenvalue weighted by molar-refractivity contribution is 0.300. The summed E-state index contributed by atoms with van der Waals surface area (Å²) in [6.07, 6.45) is 4.27. The number of unbranched alkanes of at least 4 members (excludes halogenated alkanes) is 2. The van der Waals surface area contributed by atoms with Crippen molar-refractivity contribution in [2.24, 2.45) is 0 Å². The lowest BCUT2D eigenvalue weighted by Crippen LogP contribution is -1.98. The topological polar surface area (TPSA) is 73.0 Å². The first-order chi connectivity index (χ1) is 10.3. The second kappa shape index (κ2) is 7.90. The molecule has 2 aromatic rings. The van der Waals surface area contributed by atoms with E-state index in [1.54, 1.807) is 11.8 Å². The van der Waals surface area contributed by atoms with Crippen LogP contribution in [0.3, 0.4) is 0 Å². The predicted molar refractivity (Wildman–Crippen MR) is 76.8 cm³/mol. The molecule has 2 rings (SSSR count). The lowest BCUT2D eigenvalue weighted by atomic mass is 10.2. The lowest BCUT2D eigenvalue weighted by Gasteiger charge is -2.04. The summed E-state index contributed by atoms with van der Waals surface area (Å²) in [4.78, 5) is 0. The minimum absolute atomic E-state index is 0.379. The van der Waals surface area contributed by atoms with E-state index in [4.69, 9.17) is 14.7 Å². The SMILES string of the molecule is COc1ccc(OCc2cn(CCCCC#N)nn2)cc1. The quantitative estimate of drug-likeness (QED) is 0.697. The number of hydrogen-bond donors (Lipinski definition) is 0. The van der Waals surface area contributed by atoms with Crippen molar-refractivity contribution < 1.29 is 9.47 Å². The number of aromatic nitrogens is 3. The van der Waals surface area contributed by atoms with Crippen LogP contribution in [0.1, 0.15) is 25.0 Å². The van der Waals surface area contributed by atoms with Gasteiger partial charge in [-0.1, -0.05) is 5.21 Å². The highest BCUT2D eigenvalue weighted by Gasteiger charge is 2.02. The number of nitriles is 1. The number of nitrogens with zero attached hydrogens (tertiary/aromatic N) is 4. The fourth-order valence-electron chi connectivity index (χ4n) is 1.82. The average molecular weight is 286 g/mol. The van der Waals surface area contributed by atoms with Crippen LogP contribution in [-0.4, -0.2) is 22.1 Å². The first-order valence-electron chi connectivity index (χ1n) is 6.84. The molecule has 1 aromatic carbocycles. The molecular weight excluding hydrogens is 268 g/mol. The van der Waals surface area contributed by atoms with Crippen LogP contribution in [-0.2, 0) is 13.2 Å². The van der Waals surface area contributed by atoms with Gasteiger partial charge in [-0.25, -0.2) is 0 Å². The molecule has 0 radical (unpaired) electrons. The van der Waals surface area contributed by atoms with Crippen molar-refractivity contribution in [1.82, 2.24) is 15.0 Å². The minimum atomic E-state index is 0.379. The van der Waals surface area contributed by atoms with Crippen molar-refractivity contribution in [1.29, 1.82) is 5.26 Å². The van der Waals surface area contributed by atoms with E-state index in [2.05, 4.69) is 16.4 Å². The molecule has 110 valence electrons. The Kier molecular flexibility index (Phi) is 5.59. The van der Waals surface area contributed by atoms with Crippen LogP contribution in [0.4, 0.5) is 0 Å². The normalized spacial score (nSPS) is 10.1. The van der Waals surface area contributed by atoms with E-state index in [9.17, 15) is 0 Å². The number of benzene rings is 1. The first kappa shape index (κ1) is 14.9. The van der Waals surface area contributed by atoms with Gasteiger partial charge >= 0.3 is 0 Å². The van der Waals surface area contributed by atoms with Gasteiger partial charge in [-0.15, -0.1) is 5.10 Å². The molecule has 0 saturated heterocycles. The minimum Gasteiger partial charge on any atom is -0.497 e. The van der Waals surface area contributed by atoms with E-state index in [0.717, 1.165) is 36.6 Å². The van der Waals surface area contributed by atoms with Gasteiger partial charge in [0.1, 0.15) is 23.8 Å². The Morgan fingerprint density at radius 2 is 1.95 bits per heavy atom. The van der Waals surface area contributed by atoms with Crippen molar-refractivity contribution in [3.63, 3.8) is 0 Å². The zero-order chi connectivity index (χ0) is 14.9. The molecule has 0 fully saturated rings. The molecule has 0 N–H and O–H groups in total. The molecule has 21 heavy (non-hydrogen) atoms. The molecule has 6 heteroatoms. The molecule has 0 saturated carbocycles. The molecule has 0 aliphatic heterocycles. The van der Waals surface area contributed by atoms with Gasteiger partial charge in [0.2, 0.25) is 0 Å². The highest BCUT2D eigenvalue weighted by atomic mass is 16.5. The standard InChI is InChI=1S/C15H18N4O2/c1-20-14-5-7-15(8-6-14)21-12-13-11-19(18-17-13)10-4-2-3-9-16/h5-8,11H,2-4,10,12H2,1H3. The molecule has 0 aliphatic carbocycles. The van der Waals surface area contributed by atoms with Crippen LogP contribution in [0.2, 0.25) is 0 Å². The van der Waals surface area contributed by atoms with E-state index in [1.165, 1.54) is 0 Å². The highest BCUT2D eigenvalue weighted by molar-refractivity contribution is 5.31. The van der Waals surface area contributed by atoms with Crippen molar-refractivity contribution in [2.45, 2.75) is 32.4 Å². The van der Waals surface area contributed by atoms with Gasteiger partial charge in [0.15, 0.2) is 0 Å². The molecule has 0 atom stereocenters. The zero-order valence-corrected chi connectivity index (χ0v) is 12.0. The van der Waals surface area contributed by atoms with Crippen molar-refractivity contribution >= 4 is 0 Å². The molecule has 0 unspecified atom stereocenters. The summed E-state index contributed by atoms with van der Waals surface area (Å²) >= 11 is 0. The van der Waals surface area contributed by atoms with Crippen LogP contribution >= 0.6 is 0 Å². The highest BCUT2D eigenvalue weighted by Crippen LogP contribution is 2.17. The number of ether oxygens (including phenoxy) is 2. The van der Waals surface area contributed by atoms with Crippen molar-refractivity contribution in [3.8, 4) is 17.6 Å². The molecule has 1 aromatic heterocycles. The summed E-state index contributed by atoms with van der Waals surface area (Å²) in [6, 6.07) is 9.53. The Balaban J connectivity index is 1.78. The Labute approximate surface area is 123 Å². The Morgan fingerprint density at radius 3 is 2.67 bits per heavy atom. The fraction of sp³-hybridized carbons (Fsp3) is 0.400. The van der Waals surface area contributed by atoms with Gasteiger partial charge in [0.05, 0.1) is 19.4 Å². The van der Waals surface area contributed by atoms with Gasteiger partial charge in [0, 0.05) is 13.0 Å². The van der Waals surface area contributed by atoms with Gasteiger partial charge < -0.3 is 9.47 Å². The van der Waals surface area contributed by atoms with Crippen LogP contribution < -0.4 is 9.47 Å². The molecule has 6 nitrogen and oxygen atoms in total. The van der Waals surface area contributed by atoms with Crippen LogP contribution in [0, 0.1) is 11.3 Å². The summed E-state index contributed by atoms with van der Waals surface area (Å²) in [6.45, 7) is 1.15. The number of methoxy groups -OCH3 is 1. The maximum atomic E-state index is 8.47. The molecule has 0 bridgehead atoms. The summed E-state index contributed by atoms with van der Waals surface area (Å²) < 4.78 is 12.5. The molecule has 0 amide bonds. The third kappa shape index (κ3) is 4.80. The Morgan fingerprint density at radius 1 is 1.19 bits per heavy atom. The second-order valence-electron chi connectivity index (χ2n) is 4.55. The van der Waals surface area contributed by atoms with Gasteiger partial charge in [-0.2, -0.15) is 5.26 Å². The Bertz CT molecular complexity index is 586. The number of rotatable bonds is 8. The summed E-state index contributed by atoms with van der Waals surface area (Å²) in [7, 11) is 1.63. The number of hydrogen-bond acceptors (Lipinski definition) is 5. The van der Waals surface area contributed by atoms with Crippen molar-refractivity contribution in [2.75, 3.05) is 7.11 Å². The monoisotopic (exact) mass is 286 g/mol. The molecule has 0 spiro atoms. The summed E-state index contributed by atoms with van der Waals surface area (Å²) in [5, 5.41) is 16.6. The third-order valence-electron chi connectivity index (χ3n) is 2.96. The maximum absolute atomic E-state index is 8.47. The van der Waals surface area contributed by atoms with Gasteiger partial charge in [-0.05, 0) is 37.1 Å². The third-order valence-corrected chi connectivity index (χ3v) is 2.96. The van der Waals surface area contributed by atoms with Gasteiger partial charge in [0.25, 0.3) is 0 Å². The van der Waals surface area contributed by atoms with Crippen LogP contribution in [0.25, 0.3) is 0 Å². The molecule has 1 heterocycles. The van der Waals surface area contributed by atoms with Crippen LogP contribution in [0.5, 0.6) is 11.5 Å². The average Bonchev–Trinajstić information content (AvgIpc) is 2.98. The fourth-order valence-corrected chi connectivity index (χ4v) is 1.82. The smallest absolute Gasteiger partial charge is 0.134 e. The molecule has 0 aliphatic rings. The summed E-state index contributed by atoms with van der Waals surface area (Å²) in [5.41, 5.74) is 0.783. The molecular formula is C15H18N4O2. The summed E-state index contributed by atoms with van der Waals surface area (Å²) in [5.74, 6) is 1.56. The largest absolute Gasteiger partial charge is 0.497 e. The van der Waals surface area contributed by atoms with Crippen LogP contribution in [0.15, 0.2) is 30.5 Å². The maximum Gasteiger partial charge on any atom is 0.134 e.